The average Bonchev–Trinajstić information content (AvgIpc) is 1.15. The molecule has 31 heteroatoms. The van der Waals surface area contributed by atoms with Gasteiger partial charge in [-0.15, -0.1) is 0 Å². The van der Waals surface area contributed by atoms with Crippen molar-refractivity contribution in [1.82, 2.24) is 38.6 Å². The first-order valence-corrected chi connectivity index (χ1v) is 38.2. The van der Waals surface area contributed by atoms with E-state index >= 15 is 0 Å². The number of aromatic nitrogens is 1. The molecule has 5 aliphatic rings. The lowest BCUT2D eigenvalue weighted by Crippen LogP contribution is -2.52. The van der Waals surface area contributed by atoms with E-state index in [-0.39, 0.29) is 59.4 Å². The van der Waals surface area contributed by atoms with Crippen LogP contribution in [0.1, 0.15) is 24.0 Å². The van der Waals surface area contributed by atoms with E-state index in [4.69, 9.17) is 40.0 Å². The summed E-state index contributed by atoms with van der Waals surface area (Å²) in [6.07, 6.45) is 6.69. The summed E-state index contributed by atoms with van der Waals surface area (Å²) >= 11 is 5.90. The van der Waals surface area contributed by atoms with Crippen LogP contribution in [0.4, 0.5) is 5.69 Å². The molecule has 103 heavy (non-hydrogen) atoms. The zero-order valence-electron chi connectivity index (χ0n) is 57.0. The summed E-state index contributed by atoms with van der Waals surface area (Å²) in [6, 6.07) is 40.6. The summed E-state index contributed by atoms with van der Waals surface area (Å²) in [6.45, 7) is 13.5. The standard InChI is InChI=1S/C24H28ClN3O6S.C24H29N3O6S.C24H27N3O6S/c25-19-4-6-20(7-5-19)34-21-8-10-22(11-9-21)35(31,32)28(14-13-26-15-17-33-18-16-26)23-3-1-2-12-27(30)24(23)29;1-18-2-5-20(6-3-18)33-21-7-9-22(10-8-21)34(30,31)25-23-11-4-19(17-27(29)24(23)28)16-26-12-14-32-15-13-26;1-19-4-6-20(7-5-19)33-21-8-10-22(11-9-21)34(30,31)27(14-13-25-15-17-32-18-16-25)23-3-2-12-26(29)24(23)28/h1-2,4-11,23,30H,3,12-18H2;2-10,23,25,29H,11-17H2,1H3;2-12,29H,13-18H2,1H3/t2*23-;/m11./s1. The number of nitrogens with zero attached hydrogens (tertiary/aromatic N) is 8. The van der Waals surface area contributed by atoms with E-state index in [1.807, 2.05) is 68.5 Å². The number of hydroxylamine groups is 4. The lowest BCUT2D eigenvalue weighted by molar-refractivity contribution is -0.166. The Morgan fingerprint density at radius 1 is 0.515 bits per heavy atom. The van der Waals surface area contributed by atoms with Gasteiger partial charge in [0.25, 0.3) is 21.8 Å². The second kappa shape index (κ2) is 36.2. The maximum atomic E-state index is 13.7. The minimum Gasteiger partial charge on any atom is -0.457 e. The van der Waals surface area contributed by atoms with Gasteiger partial charge in [0, 0.05) is 83.2 Å². The van der Waals surface area contributed by atoms with E-state index in [0.29, 0.717) is 140 Å². The average molecular weight is 1500 g/mol. The van der Waals surface area contributed by atoms with Gasteiger partial charge in [-0.2, -0.15) is 13.8 Å². The maximum absolute atomic E-state index is 13.7. The molecule has 0 aliphatic carbocycles. The molecule has 3 fully saturated rings. The number of sulfonamides is 3. The third-order valence-electron chi connectivity index (χ3n) is 17.2. The van der Waals surface area contributed by atoms with Gasteiger partial charge in [-0.25, -0.2) is 35.4 Å². The summed E-state index contributed by atoms with van der Waals surface area (Å²) in [5.74, 6) is 1.95. The van der Waals surface area contributed by atoms with Crippen molar-refractivity contribution in [3.05, 3.63) is 214 Å². The third-order valence-corrected chi connectivity index (χ3v) is 22.7. The van der Waals surface area contributed by atoms with Gasteiger partial charge in [0.05, 0.1) is 67.4 Å². The smallest absolute Gasteiger partial charge is 0.307 e. The number of rotatable bonds is 23. The van der Waals surface area contributed by atoms with Gasteiger partial charge in [-0.3, -0.25) is 43.8 Å². The Kier molecular flexibility index (Phi) is 27.1. The lowest BCUT2D eigenvalue weighted by atomic mass is 10.1. The topological polar surface area (TPSA) is 309 Å². The summed E-state index contributed by atoms with van der Waals surface area (Å²) in [7, 11) is -12.1. The molecule has 5 aliphatic heterocycles. The highest BCUT2D eigenvalue weighted by Crippen LogP contribution is 2.31. The molecule has 27 nitrogen and oxygen atoms in total. The van der Waals surface area contributed by atoms with Gasteiger partial charge >= 0.3 is 5.56 Å². The normalized spacial score (nSPS) is 18.1. The van der Waals surface area contributed by atoms with Crippen LogP contribution < -0.4 is 28.8 Å². The highest BCUT2D eigenvalue weighted by atomic mass is 35.5. The van der Waals surface area contributed by atoms with Crippen molar-refractivity contribution in [3.63, 3.8) is 0 Å². The molecule has 0 saturated carbocycles. The fraction of sp³-hybridized carbons (Fsp3) is 0.347. The lowest BCUT2D eigenvalue weighted by Gasteiger charge is -2.33. The van der Waals surface area contributed by atoms with Gasteiger partial charge < -0.3 is 33.6 Å². The molecule has 6 aromatic carbocycles. The minimum absolute atomic E-state index is 0.00260. The van der Waals surface area contributed by atoms with E-state index in [2.05, 4.69) is 19.4 Å². The van der Waals surface area contributed by atoms with Crippen LogP contribution in [-0.4, -0.2) is 223 Å². The summed E-state index contributed by atoms with van der Waals surface area (Å²) < 4.78 is 119. The number of ether oxygens (including phenoxy) is 6. The number of anilines is 1. The Labute approximate surface area is 604 Å². The Morgan fingerprint density at radius 3 is 1.45 bits per heavy atom. The van der Waals surface area contributed by atoms with E-state index in [1.165, 1.54) is 52.8 Å². The zero-order valence-corrected chi connectivity index (χ0v) is 60.2. The van der Waals surface area contributed by atoms with Crippen molar-refractivity contribution in [2.75, 3.05) is 129 Å². The Balaban J connectivity index is 0.000000166. The fourth-order valence-electron chi connectivity index (χ4n) is 11.4. The molecule has 0 spiro atoms. The van der Waals surface area contributed by atoms with Crippen LogP contribution in [0.5, 0.6) is 34.5 Å². The molecule has 0 radical (unpaired) electrons. The third kappa shape index (κ3) is 21.5. The molecule has 550 valence electrons. The molecule has 12 rings (SSSR count). The Bertz CT molecular complexity index is 4430. The first kappa shape index (κ1) is 77.1. The van der Waals surface area contributed by atoms with Crippen LogP contribution in [-0.2, 0) is 53.9 Å². The van der Waals surface area contributed by atoms with Gasteiger partial charge in [0.2, 0.25) is 20.0 Å². The van der Waals surface area contributed by atoms with E-state index in [0.717, 1.165) is 40.3 Å². The van der Waals surface area contributed by atoms with E-state index in [9.17, 15) is 55.3 Å². The van der Waals surface area contributed by atoms with Crippen LogP contribution >= 0.6 is 11.6 Å². The quantitative estimate of drug-likeness (QED) is 0.0267. The summed E-state index contributed by atoms with van der Waals surface area (Å²) in [5.41, 5.74) is 2.13. The molecule has 6 heterocycles. The molecule has 0 unspecified atom stereocenters. The van der Waals surface area contributed by atoms with E-state index in [1.54, 1.807) is 72.8 Å². The van der Waals surface area contributed by atoms with Crippen molar-refractivity contribution >= 4 is 59.2 Å². The minimum atomic E-state index is -4.09. The Hall–Kier alpha value is -8.57. The molecule has 2 atom stereocenters. The number of carbonyl (C=O) groups is 2. The van der Waals surface area contributed by atoms with Crippen LogP contribution in [0.25, 0.3) is 0 Å². The van der Waals surface area contributed by atoms with Crippen molar-refractivity contribution < 1.29 is 78.9 Å². The highest BCUT2D eigenvalue weighted by molar-refractivity contribution is 7.92. The zero-order chi connectivity index (χ0) is 73.1. The number of halogens is 1. The number of nitrogens with one attached hydrogen (secondary N) is 1. The van der Waals surface area contributed by atoms with Crippen molar-refractivity contribution in [3.8, 4) is 34.5 Å². The number of amides is 2. The van der Waals surface area contributed by atoms with Crippen LogP contribution in [0.3, 0.4) is 0 Å². The largest absolute Gasteiger partial charge is 0.457 e. The molecular formula is C72H84ClN9O18S3. The summed E-state index contributed by atoms with van der Waals surface area (Å²) in [4.78, 5) is 44.5. The van der Waals surface area contributed by atoms with Crippen molar-refractivity contribution in [1.29, 1.82) is 0 Å². The van der Waals surface area contributed by atoms with Gasteiger partial charge in [0.15, 0.2) is 0 Å². The molecule has 4 N–H and O–H groups in total. The SMILES string of the molecule is Cc1ccc(Oc2ccc(S(=O)(=O)N(CCN3CCOCC3)c3cccn(O)c3=O)cc2)cc1.Cc1ccc(Oc2ccc(S(=O)(=O)N[C@@H]3CC=C(CN4CCOCC4)CN(O)C3=O)cc2)cc1.O=C1[C@H](N(CCN2CCOCC2)S(=O)(=O)c2ccc(Oc3ccc(Cl)cc3)cc2)CC=CCN1O. The first-order chi connectivity index (χ1) is 49.5. The fourth-order valence-corrected chi connectivity index (χ4v) is 15.8. The summed E-state index contributed by atoms with van der Waals surface area (Å²) in [5, 5.41) is 31.9. The molecular weight excluding hydrogens is 1410 g/mol. The first-order valence-electron chi connectivity index (χ1n) is 33.4. The number of carbonyl (C=O) groups excluding carboxylic acids is 2. The van der Waals surface area contributed by atoms with Gasteiger partial charge in [-0.05, 0) is 166 Å². The molecule has 2 amide bonds. The van der Waals surface area contributed by atoms with Crippen LogP contribution in [0.15, 0.2) is 207 Å². The molecule has 0 bridgehead atoms. The number of hydrogen-bond donors (Lipinski definition) is 4. The van der Waals surface area contributed by atoms with Crippen LogP contribution in [0.2, 0.25) is 5.02 Å². The molecule has 3 saturated heterocycles. The number of benzene rings is 6. The monoisotopic (exact) mass is 1490 g/mol. The van der Waals surface area contributed by atoms with Gasteiger partial charge in [0.1, 0.15) is 52.3 Å². The number of morpholine rings is 3. The molecule has 1 aromatic heterocycles. The highest BCUT2D eigenvalue weighted by Gasteiger charge is 2.39. The number of aryl methyl sites for hydroxylation is 2. The predicted octanol–water partition coefficient (Wildman–Crippen LogP) is 8.03. The van der Waals surface area contributed by atoms with Crippen molar-refractivity contribution in [2.24, 2.45) is 0 Å². The van der Waals surface area contributed by atoms with Gasteiger partial charge in [-0.1, -0.05) is 65.2 Å². The van der Waals surface area contributed by atoms with E-state index < -0.39 is 59.5 Å². The Morgan fingerprint density at radius 2 is 0.951 bits per heavy atom. The number of pyridine rings is 1. The predicted molar refractivity (Wildman–Crippen MR) is 383 cm³/mol. The second-order valence-corrected chi connectivity index (χ2v) is 30.5. The number of hydrogen-bond acceptors (Lipinski definition) is 21. The molecule has 7 aromatic rings. The van der Waals surface area contributed by atoms with Crippen LogP contribution in [0, 0.1) is 13.8 Å². The maximum Gasteiger partial charge on any atom is 0.307 e. The second-order valence-electron chi connectivity index (χ2n) is 24.6. The van der Waals surface area contributed by atoms with Crippen molar-refractivity contribution in [2.45, 2.75) is 53.5 Å².